The summed E-state index contributed by atoms with van der Waals surface area (Å²) >= 11 is 0. The van der Waals surface area contributed by atoms with Crippen molar-refractivity contribution >= 4 is 44.6 Å². The van der Waals surface area contributed by atoms with Gasteiger partial charge in [-0.15, -0.1) is 0 Å². The summed E-state index contributed by atoms with van der Waals surface area (Å²) in [5.41, 5.74) is 9.98. The molecular formula is C52H48F2N4O. The van der Waals surface area contributed by atoms with E-state index in [4.69, 9.17) is 9.72 Å². The maximum Gasteiger partial charge on any atom is 0.149 e. The fraction of sp³-hybridized carbons (Fsp3) is 0.212. The molecule has 9 rings (SSSR count). The topological polar surface area (TPSA) is 33.5 Å². The van der Waals surface area contributed by atoms with Crippen LogP contribution in [0.25, 0.3) is 38.8 Å². The molecule has 0 spiro atoms. The monoisotopic (exact) mass is 782 g/mol. The summed E-state index contributed by atoms with van der Waals surface area (Å²) in [6.07, 6.45) is 1.81. The molecule has 0 amide bonds. The van der Waals surface area contributed by atoms with Gasteiger partial charge < -0.3 is 14.5 Å². The van der Waals surface area contributed by atoms with Crippen LogP contribution in [0, 0.1) is 11.6 Å². The average Bonchev–Trinajstić information content (AvgIpc) is 3.76. The number of benzene rings is 6. The number of hydrogen-bond donors (Lipinski definition) is 0. The average molecular weight is 783 g/mol. The van der Waals surface area contributed by atoms with Gasteiger partial charge in [-0.2, -0.15) is 0 Å². The van der Waals surface area contributed by atoms with E-state index in [0.29, 0.717) is 11.5 Å². The van der Waals surface area contributed by atoms with Gasteiger partial charge in [-0.3, -0.25) is 4.57 Å². The van der Waals surface area contributed by atoms with Crippen LogP contribution in [0.15, 0.2) is 140 Å². The fourth-order valence-corrected chi connectivity index (χ4v) is 8.60. The van der Waals surface area contributed by atoms with E-state index < -0.39 is 11.6 Å². The number of anilines is 4. The molecule has 0 aliphatic carbocycles. The Morgan fingerprint density at radius 2 is 1.31 bits per heavy atom. The van der Waals surface area contributed by atoms with E-state index in [1.165, 1.54) is 34.9 Å². The molecule has 7 heteroatoms. The Bertz CT molecular complexity index is 2830. The van der Waals surface area contributed by atoms with Crippen LogP contribution in [0.3, 0.4) is 0 Å². The molecule has 296 valence electrons. The highest BCUT2D eigenvalue weighted by atomic mass is 19.1. The van der Waals surface area contributed by atoms with Gasteiger partial charge in [0.15, 0.2) is 0 Å². The maximum atomic E-state index is 15.7. The predicted molar refractivity (Wildman–Crippen MR) is 239 cm³/mol. The van der Waals surface area contributed by atoms with Crippen molar-refractivity contribution in [1.29, 1.82) is 0 Å². The molecule has 2 aromatic heterocycles. The van der Waals surface area contributed by atoms with E-state index in [2.05, 4.69) is 137 Å². The molecule has 0 atom stereocenters. The highest BCUT2D eigenvalue weighted by molar-refractivity contribution is 6.09. The second kappa shape index (κ2) is 14.7. The zero-order chi connectivity index (χ0) is 41.2. The van der Waals surface area contributed by atoms with Crippen LogP contribution in [0.5, 0.6) is 11.5 Å². The second-order valence-electron chi connectivity index (χ2n) is 17.2. The summed E-state index contributed by atoms with van der Waals surface area (Å²) in [5.74, 6) is 1.45. The zero-order valence-electron chi connectivity index (χ0n) is 34.6. The Morgan fingerprint density at radius 1 is 0.610 bits per heavy atom. The van der Waals surface area contributed by atoms with E-state index in [1.54, 1.807) is 4.90 Å². The Balaban J connectivity index is 1.24. The molecule has 0 bridgehead atoms. The minimum atomic E-state index is -0.609. The molecule has 6 aromatic carbocycles. The minimum absolute atomic E-state index is 0.0706. The van der Waals surface area contributed by atoms with Crippen LogP contribution in [-0.4, -0.2) is 16.2 Å². The lowest BCUT2D eigenvalue weighted by molar-refractivity contribution is 0.483. The number of nitrogens with zero attached hydrogens (tertiary/aromatic N) is 4. The van der Waals surface area contributed by atoms with E-state index in [-0.39, 0.29) is 29.6 Å². The second-order valence-corrected chi connectivity index (χ2v) is 17.2. The van der Waals surface area contributed by atoms with Crippen molar-refractivity contribution in [1.82, 2.24) is 9.55 Å². The normalized spacial score (nSPS) is 13.0. The van der Waals surface area contributed by atoms with Gasteiger partial charge >= 0.3 is 0 Å². The number of fused-ring (bicyclic) bond motifs is 4. The summed E-state index contributed by atoms with van der Waals surface area (Å²) in [4.78, 5) is 8.62. The number of rotatable bonds is 8. The lowest BCUT2D eigenvalue weighted by atomic mass is 9.85. The molecule has 1 aliphatic heterocycles. The lowest BCUT2D eigenvalue weighted by Gasteiger charge is -2.25. The SMILES string of the molecule is CC(C)c1cccc(C(C)C)c1-c1cc(Oc2ccc3c4ccccc4n(-c4ccccn4)c3c2)cc(N2CN(c3c(F)cccc3F)c3cc(C(C)(C)C)ccc32)c1. The van der Waals surface area contributed by atoms with Crippen LogP contribution < -0.4 is 14.5 Å². The smallest absolute Gasteiger partial charge is 0.149 e. The molecule has 0 N–H and O–H groups in total. The van der Waals surface area contributed by atoms with Crippen LogP contribution in [-0.2, 0) is 5.41 Å². The first-order valence-corrected chi connectivity index (χ1v) is 20.4. The molecule has 8 aromatic rings. The molecule has 0 fully saturated rings. The van der Waals surface area contributed by atoms with E-state index >= 15 is 8.78 Å². The number of hydrogen-bond acceptors (Lipinski definition) is 4. The van der Waals surface area contributed by atoms with E-state index in [1.807, 2.05) is 42.6 Å². The Kier molecular flexibility index (Phi) is 9.50. The van der Waals surface area contributed by atoms with Gasteiger partial charge in [0.25, 0.3) is 0 Å². The van der Waals surface area contributed by atoms with Crippen LogP contribution in [0.4, 0.5) is 31.5 Å². The minimum Gasteiger partial charge on any atom is -0.457 e. The number of pyridine rings is 1. The van der Waals surface area contributed by atoms with Crippen LogP contribution in [0.2, 0.25) is 0 Å². The van der Waals surface area contributed by atoms with Crippen molar-refractivity contribution in [2.75, 3.05) is 16.5 Å². The Morgan fingerprint density at radius 3 is 2.00 bits per heavy atom. The summed E-state index contributed by atoms with van der Waals surface area (Å²) in [6.45, 7) is 15.5. The molecule has 1 aliphatic rings. The number of aromatic nitrogens is 2. The van der Waals surface area contributed by atoms with Crippen molar-refractivity contribution in [3.63, 3.8) is 0 Å². The summed E-state index contributed by atoms with van der Waals surface area (Å²) in [6, 6.07) is 43.8. The molecule has 0 saturated carbocycles. The van der Waals surface area contributed by atoms with Crippen LogP contribution >= 0.6 is 0 Å². The molecule has 3 heterocycles. The molecular weight excluding hydrogens is 735 g/mol. The summed E-state index contributed by atoms with van der Waals surface area (Å²) in [5, 5.41) is 2.23. The predicted octanol–water partition coefficient (Wildman–Crippen LogP) is 14.7. The number of halogens is 2. The highest BCUT2D eigenvalue weighted by Gasteiger charge is 2.33. The van der Waals surface area contributed by atoms with Crippen LogP contribution in [0.1, 0.15) is 77.0 Å². The molecule has 0 radical (unpaired) electrons. The maximum absolute atomic E-state index is 15.7. The number of ether oxygens (including phenoxy) is 1. The van der Waals surface area contributed by atoms with Crippen molar-refractivity contribution in [2.24, 2.45) is 0 Å². The Hall–Kier alpha value is -6.47. The van der Waals surface area contributed by atoms with Gasteiger partial charge in [-0.25, -0.2) is 13.8 Å². The third-order valence-corrected chi connectivity index (χ3v) is 11.5. The molecule has 5 nitrogen and oxygen atoms in total. The number of para-hydroxylation sites is 2. The van der Waals surface area contributed by atoms with Gasteiger partial charge in [-0.1, -0.05) is 103 Å². The van der Waals surface area contributed by atoms with Crippen molar-refractivity contribution < 1.29 is 13.5 Å². The first kappa shape index (κ1) is 38.1. The zero-order valence-corrected chi connectivity index (χ0v) is 34.6. The third kappa shape index (κ3) is 6.78. The van der Waals surface area contributed by atoms with E-state index in [0.717, 1.165) is 55.8 Å². The van der Waals surface area contributed by atoms with Gasteiger partial charge in [0.2, 0.25) is 0 Å². The largest absolute Gasteiger partial charge is 0.457 e. The standard InChI is InChI=1S/C52H48F2N4O/c1-32(2)39-15-12-16-40(33(3)4)50(39)34-26-36(56-31-57(51-43(53)17-13-18-44(51)54)48-28-35(52(5,6)7)21-24-46(48)56)29-38(27-34)59-37-22-23-42-41-14-8-9-19-45(41)58(47(42)30-37)49-20-10-11-25-55-49/h8-30,32-33H,31H2,1-7H3. The summed E-state index contributed by atoms with van der Waals surface area (Å²) in [7, 11) is 0. The van der Waals surface area contributed by atoms with Gasteiger partial charge in [0, 0.05) is 34.8 Å². The van der Waals surface area contributed by atoms with Gasteiger partial charge in [-0.05, 0) is 112 Å². The fourth-order valence-electron chi connectivity index (χ4n) is 8.60. The molecule has 0 unspecified atom stereocenters. The third-order valence-electron chi connectivity index (χ3n) is 11.5. The van der Waals surface area contributed by atoms with Crippen molar-refractivity contribution in [3.05, 3.63) is 168 Å². The van der Waals surface area contributed by atoms with E-state index in [9.17, 15) is 0 Å². The van der Waals surface area contributed by atoms with Gasteiger partial charge in [0.05, 0.1) is 22.4 Å². The molecule has 59 heavy (non-hydrogen) atoms. The first-order chi connectivity index (χ1) is 28.4. The first-order valence-electron chi connectivity index (χ1n) is 20.4. The quantitative estimate of drug-likeness (QED) is 0.154. The summed E-state index contributed by atoms with van der Waals surface area (Å²) < 4.78 is 40.5. The van der Waals surface area contributed by atoms with Gasteiger partial charge in [0.1, 0.15) is 41.3 Å². The van der Waals surface area contributed by atoms with Crippen molar-refractivity contribution in [2.45, 2.75) is 65.7 Å². The lowest BCUT2D eigenvalue weighted by Crippen LogP contribution is -2.25. The highest BCUT2D eigenvalue weighted by Crippen LogP contribution is 2.49. The van der Waals surface area contributed by atoms with Crippen molar-refractivity contribution in [3.8, 4) is 28.4 Å². The Labute approximate surface area is 345 Å². The molecule has 0 saturated heterocycles.